The van der Waals surface area contributed by atoms with E-state index in [2.05, 4.69) is 41.2 Å². The van der Waals surface area contributed by atoms with Crippen LogP contribution in [0, 0.1) is 11.3 Å². The standard InChI is InChI=1S/C18H22N4/c1-2-22-11-8-17(20-22)14-21-12-9-18(15-19,10-13-21)16-6-4-3-5-7-16/h3-8,11H,2,9-10,12-14H2,1H3. The highest BCUT2D eigenvalue weighted by Crippen LogP contribution is 2.35. The second-order valence-electron chi connectivity index (χ2n) is 6.00. The Balaban J connectivity index is 1.65. The Bertz CT molecular complexity index is 645. The fourth-order valence-corrected chi connectivity index (χ4v) is 3.21. The van der Waals surface area contributed by atoms with E-state index in [4.69, 9.17) is 0 Å². The van der Waals surface area contributed by atoms with Gasteiger partial charge in [0.15, 0.2) is 0 Å². The van der Waals surface area contributed by atoms with Gasteiger partial charge >= 0.3 is 0 Å². The maximum Gasteiger partial charge on any atom is 0.0846 e. The van der Waals surface area contributed by atoms with Gasteiger partial charge in [0, 0.05) is 32.4 Å². The predicted molar refractivity (Wildman–Crippen MR) is 86.1 cm³/mol. The van der Waals surface area contributed by atoms with Gasteiger partial charge in [-0.25, -0.2) is 0 Å². The molecule has 0 amide bonds. The summed E-state index contributed by atoms with van der Waals surface area (Å²) in [4.78, 5) is 2.40. The van der Waals surface area contributed by atoms with E-state index in [1.165, 1.54) is 0 Å². The normalized spacial score (nSPS) is 18.0. The molecule has 1 aromatic carbocycles. The Kier molecular flexibility index (Phi) is 4.26. The number of rotatable bonds is 4. The average molecular weight is 294 g/mol. The van der Waals surface area contributed by atoms with Crippen molar-refractivity contribution < 1.29 is 0 Å². The SMILES string of the molecule is CCn1ccc(CN2CCC(C#N)(c3ccccc3)CC2)n1. The van der Waals surface area contributed by atoms with Gasteiger partial charge in [-0.05, 0) is 31.4 Å². The molecule has 1 fully saturated rings. The molecule has 114 valence electrons. The van der Waals surface area contributed by atoms with Crippen molar-refractivity contribution in [1.82, 2.24) is 14.7 Å². The number of likely N-dealkylation sites (tertiary alicyclic amines) is 1. The van der Waals surface area contributed by atoms with Crippen LogP contribution in [0.25, 0.3) is 0 Å². The molecule has 0 aliphatic carbocycles. The van der Waals surface area contributed by atoms with Crippen molar-refractivity contribution in [3.8, 4) is 6.07 Å². The molecule has 4 nitrogen and oxygen atoms in total. The number of piperidine rings is 1. The number of nitriles is 1. The predicted octanol–water partition coefficient (Wildman–Crippen LogP) is 2.96. The molecule has 2 aromatic rings. The first-order valence-corrected chi connectivity index (χ1v) is 7.97. The van der Waals surface area contributed by atoms with Crippen LogP contribution in [0.4, 0.5) is 0 Å². The summed E-state index contributed by atoms with van der Waals surface area (Å²) in [7, 11) is 0. The second kappa shape index (κ2) is 6.33. The molecule has 1 aliphatic rings. The van der Waals surface area contributed by atoms with E-state index in [1.807, 2.05) is 29.1 Å². The highest BCUT2D eigenvalue weighted by Gasteiger charge is 2.36. The van der Waals surface area contributed by atoms with Crippen LogP contribution < -0.4 is 0 Å². The fourth-order valence-electron chi connectivity index (χ4n) is 3.21. The Morgan fingerprint density at radius 2 is 1.91 bits per heavy atom. The molecule has 0 radical (unpaired) electrons. The molecule has 22 heavy (non-hydrogen) atoms. The lowest BCUT2D eigenvalue weighted by Crippen LogP contribution is -2.41. The molecule has 1 aliphatic heterocycles. The van der Waals surface area contributed by atoms with Crippen molar-refractivity contribution in [3.05, 3.63) is 53.9 Å². The van der Waals surface area contributed by atoms with E-state index >= 15 is 0 Å². The smallest absolute Gasteiger partial charge is 0.0846 e. The molecule has 0 unspecified atom stereocenters. The number of aryl methyl sites for hydroxylation is 1. The van der Waals surface area contributed by atoms with Gasteiger partial charge in [0.25, 0.3) is 0 Å². The van der Waals surface area contributed by atoms with Gasteiger partial charge in [-0.2, -0.15) is 10.4 Å². The monoisotopic (exact) mass is 294 g/mol. The largest absolute Gasteiger partial charge is 0.297 e. The maximum atomic E-state index is 9.72. The van der Waals surface area contributed by atoms with Crippen LogP contribution in [0.2, 0.25) is 0 Å². The molecule has 0 N–H and O–H groups in total. The summed E-state index contributed by atoms with van der Waals surface area (Å²) in [5.74, 6) is 0. The third-order valence-electron chi connectivity index (χ3n) is 4.66. The van der Waals surface area contributed by atoms with Gasteiger partial charge in [0.1, 0.15) is 0 Å². The number of aromatic nitrogens is 2. The van der Waals surface area contributed by atoms with Crippen molar-refractivity contribution in [2.24, 2.45) is 0 Å². The van der Waals surface area contributed by atoms with E-state index in [0.29, 0.717) is 0 Å². The molecule has 0 spiro atoms. The van der Waals surface area contributed by atoms with Gasteiger partial charge in [-0.1, -0.05) is 30.3 Å². The summed E-state index contributed by atoms with van der Waals surface area (Å²) in [6.07, 6.45) is 3.81. The molecule has 2 heterocycles. The number of hydrogen-bond acceptors (Lipinski definition) is 3. The number of nitrogens with zero attached hydrogens (tertiary/aromatic N) is 4. The van der Waals surface area contributed by atoms with Crippen molar-refractivity contribution in [2.45, 2.75) is 38.3 Å². The first-order chi connectivity index (χ1) is 10.8. The van der Waals surface area contributed by atoms with Crippen LogP contribution in [0.15, 0.2) is 42.6 Å². The fraction of sp³-hybridized carbons (Fsp3) is 0.444. The molecule has 1 saturated heterocycles. The third-order valence-corrected chi connectivity index (χ3v) is 4.66. The summed E-state index contributed by atoms with van der Waals surface area (Å²) in [6.45, 7) is 5.77. The van der Waals surface area contributed by atoms with Gasteiger partial charge < -0.3 is 0 Å². The summed E-state index contributed by atoms with van der Waals surface area (Å²) in [6, 6.07) is 14.9. The Morgan fingerprint density at radius 3 is 2.50 bits per heavy atom. The van der Waals surface area contributed by atoms with Crippen LogP contribution in [-0.2, 0) is 18.5 Å². The molecule has 0 saturated carbocycles. The van der Waals surface area contributed by atoms with E-state index in [-0.39, 0.29) is 5.41 Å². The zero-order chi connectivity index (χ0) is 15.4. The number of benzene rings is 1. The maximum absolute atomic E-state index is 9.72. The number of hydrogen-bond donors (Lipinski definition) is 0. The summed E-state index contributed by atoms with van der Waals surface area (Å²) >= 11 is 0. The van der Waals surface area contributed by atoms with E-state index in [9.17, 15) is 5.26 Å². The molecule has 3 rings (SSSR count). The first-order valence-electron chi connectivity index (χ1n) is 7.97. The van der Waals surface area contributed by atoms with E-state index in [0.717, 1.165) is 50.3 Å². The molecular formula is C18H22N4. The molecule has 0 atom stereocenters. The highest BCUT2D eigenvalue weighted by molar-refractivity contribution is 5.33. The zero-order valence-corrected chi connectivity index (χ0v) is 13.1. The van der Waals surface area contributed by atoms with Crippen LogP contribution in [0.1, 0.15) is 31.0 Å². The van der Waals surface area contributed by atoms with Gasteiger partial charge in [0.05, 0.1) is 17.2 Å². The molecule has 0 bridgehead atoms. The van der Waals surface area contributed by atoms with Gasteiger partial charge in [0.2, 0.25) is 0 Å². The minimum absolute atomic E-state index is 0.319. The zero-order valence-electron chi connectivity index (χ0n) is 13.1. The van der Waals surface area contributed by atoms with E-state index < -0.39 is 0 Å². The third kappa shape index (κ3) is 2.90. The Morgan fingerprint density at radius 1 is 1.18 bits per heavy atom. The topological polar surface area (TPSA) is 44.9 Å². The molecule has 1 aromatic heterocycles. The summed E-state index contributed by atoms with van der Waals surface area (Å²) in [5.41, 5.74) is 1.96. The summed E-state index contributed by atoms with van der Waals surface area (Å²) < 4.78 is 1.96. The highest BCUT2D eigenvalue weighted by atomic mass is 15.3. The lowest BCUT2D eigenvalue weighted by atomic mass is 9.74. The van der Waals surface area contributed by atoms with Crippen molar-refractivity contribution in [2.75, 3.05) is 13.1 Å². The lowest BCUT2D eigenvalue weighted by Gasteiger charge is -2.37. The van der Waals surface area contributed by atoms with Gasteiger partial charge in [-0.3, -0.25) is 9.58 Å². The average Bonchev–Trinajstić information content (AvgIpc) is 3.04. The Hall–Kier alpha value is -2.12. The van der Waals surface area contributed by atoms with Crippen LogP contribution >= 0.6 is 0 Å². The van der Waals surface area contributed by atoms with Crippen molar-refractivity contribution in [1.29, 1.82) is 5.26 Å². The van der Waals surface area contributed by atoms with Crippen molar-refractivity contribution in [3.63, 3.8) is 0 Å². The minimum Gasteiger partial charge on any atom is -0.297 e. The van der Waals surface area contributed by atoms with Crippen LogP contribution in [0.3, 0.4) is 0 Å². The van der Waals surface area contributed by atoms with Crippen LogP contribution in [0.5, 0.6) is 0 Å². The molecular weight excluding hydrogens is 272 g/mol. The van der Waals surface area contributed by atoms with Crippen LogP contribution in [-0.4, -0.2) is 27.8 Å². The van der Waals surface area contributed by atoms with Crippen molar-refractivity contribution >= 4 is 0 Å². The lowest BCUT2D eigenvalue weighted by molar-refractivity contribution is 0.177. The quantitative estimate of drug-likeness (QED) is 0.871. The van der Waals surface area contributed by atoms with E-state index in [1.54, 1.807) is 0 Å². The summed E-state index contributed by atoms with van der Waals surface area (Å²) in [5, 5.41) is 14.3. The molecule has 4 heteroatoms. The first kappa shape index (κ1) is 14.8. The minimum atomic E-state index is -0.319. The second-order valence-corrected chi connectivity index (χ2v) is 6.00. The Labute approximate surface area is 132 Å². The van der Waals surface area contributed by atoms with Gasteiger partial charge in [-0.15, -0.1) is 0 Å².